The third-order valence-corrected chi connectivity index (χ3v) is 4.67. The van der Waals surface area contributed by atoms with E-state index in [1.165, 1.54) is 6.07 Å². The molecule has 1 fully saturated rings. The van der Waals surface area contributed by atoms with Crippen molar-refractivity contribution in [3.8, 4) is 5.88 Å². The van der Waals surface area contributed by atoms with Gasteiger partial charge in [-0.2, -0.15) is 18.2 Å². The van der Waals surface area contributed by atoms with Crippen LogP contribution in [0, 0.1) is 10.1 Å². The smallest absolute Gasteiger partial charge is 0.417 e. The van der Waals surface area contributed by atoms with E-state index in [1.807, 2.05) is 0 Å². The van der Waals surface area contributed by atoms with Crippen molar-refractivity contribution in [1.82, 2.24) is 9.97 Å². The number of ether oxygens (including phenoxy) is 1. The van der Waals surface area contributed by atoms with Gasteiger partial charge in [-0.15, -0.1) is 0 Å². The number of alkyl halides is 3. The lowest BCUT2D eigenvalue weighted by Crippen LogP contribution is -2.21. The molecule has 2 aromatic rings. The molecule has 7 nitrogen and oxygen atoms in total. The quantitative estimate of drug-likeness (QED) is 0.510. The Morgan fingerprint density at radius 1 is 1.21 bits per heavy atom. The lowest BCUT2D eigenvalue weighted by Gasteiger charge is -2.22. The zero-order chi connectivity index (χ0) is 20.3. The third kappa shape index (κ3) is 4.61. The molecule has 0 atom stereocenters. The summed E-state index contributed by atoms with van der Waals surface area (Å²) in [6, 6.07) is 3.08. The fraction of sp³-hybridized carbons (Fsp3) is 0.412. The standard InChI is InChI=1S/C17H16ClF3N4O3/c18-13-7-6-10(8-12(13)17(19,20)21)24-15-14(25(26)27)16(23-9-22-15)28-11-4-2-1-3-5-11/h6-9,11H,1-5H2,(H,22,23,24). The molecule has 1 heterocycles. The van der Waals surface area contributed by atoms with Crippen molar-refractivity contribution < 1.29 is 22.8 Å². The van der Waals surface area contributed by atoms with Crippen LogP contribution in [0.5, 0.6) is 5.88 Å². The molecule has 0 aliphatic heterocycles. The molecule has 1 N–H and O–H groups in total. The highest BCUT2D eigenvalue weighted by Crippen LogP contribution is 2.38. The summed E-state index contributed by atoms with van der Waals surface area (Å²) in [5.74, 6) is -0.472. The monoisotopic (exact) mass is 416 g/mol. The Bertz CT molecular complexity index is 873. The number of nitro groups is 1. The first kappa shape index (κ1) is 20.1. The second-order valence-corrected chi connectivity index (χ2v) is 6.74. The van der Waals surface area contributed by atoms with Crippen LogP contribution in [-0.2, 0) is 6.18 Å². The summed E-state index contributed by atoms with van der Waals surface area (Å²) in [5.41, 5.74) is -1.65. The van der Waals surface area contributed by atoms with Crippen LogP contribution in [0.25, 0.3) is 0 Å². The van der Waals surface area contributed by atoms with Crippen molar-refractivity contribution in [2.75, 3.05) is 5.32 Å². The zero-order valence-electron chi connectivity index (χ0n) is 14.5. The normalized spacial score (nSPS) is 15.3. The number of nitrogens with one attached hydrogen (secondary N) is 1. The molecule has 1 aromatic carbocycles. The molecule has 0 amide bonds. The van der Waals surface area contributed by atoms with Crippen LogP contribution in [0.4, 0.5) is 30.4 Å². The lowest BCUT2D eigenvalue weighted by molar-refractivity contribution is -0.385. The van der Waals surface area contributed by atoms with Crippen LogP contribution in [0.3, 0.4) is 0 Å². The van der Waals surface area contributed by atoms with Crippen LogP contribution in [0.1, 0.15) is 37.7 Å². The second kappa shape index (κ2) is 8.17. The Hall–Kier alpha value is -2.62. The summed E-state index contributed by atoms with van der Waals surface area (Å²) in [6.45, 7) is 0. The van der Waals surface area contributed by atoms with E-state index in [-0.39, 0.29) is 23.5 Å². The molecule has 0 unspecified atom stereocenters. The van der Waals surface area contributed by atoms with Crippen molar-refractivity contribution in [2.24, 2.45) is 0 Å². The Kier molecular flexibility index (Phi) is 5.87. The number of halogens is 4. The average molecular weight is 417 g/mol. The van der Waals surface area contributed by atoms with Gasteiger partial charge in [-0.05, 0) is 43.9 Å². The van der Waals surface area contributed by atoms with Gasteiger partial charge in [0.1, 0.15) is 12.4 Å². The number of hydrogen-bond acceptors (Lipinski definition) is 6. The van der Waals surface area contributed by atoms with Crippen LogP contribution in [-0.4, -0.2) is 21.0 Å². The largest absolute Gasteiger partial charge is 0.469 e. The third-order valence-electron chi connectivity index (χ3n) is 4.34. The molecule has 150 valence electrons. The number of nitrogens with zero attached hydrogens (tertiary/aromatic N) is 3. The molecule has 0 spiro atoms. The number of aromatic nitrogens is 2. The van der Waals surface area contributed by atoms with Gasteiger partial charge in [0, 0.05) is 5.69 Å². The summed E-state index contributed by atoms with van der Waals surface area (Å²) in [7, 11) is 0. The Balaban J connectivity index is 1.92. The summed E-state index contributed by atoms with van der Waals surface area (Å²) >= 11 is 5.60. The minimum atomic E-state index is -4.67. The van der Waals surface area contributed by atoms with Crippen molar-refractivity contribution in [1.29, 1.82) is 0 Å². The SMILES string of the molecule is O=[N+]([O-])c1c(Nc2ccc(Cl)c(C(F)(F)F)c2)ncnc1OC1CCCCC1. The summed E-state index contributed by atoms with van der Waals surface area (Å²) < 4.78 is 44.8. The van der Waals surface area contributed by atoms with Crippen LogP contribution < -0.4 is 10.1 Å². The number of anilines is 2. The molecule has 28 heavy (non-hydrogen) atoms. The van der Waals surface area contributed by atoms with Crippen LogP contribution in [0.2, 0.25) is 5.02 Å². The Morgan fingerprint density at radius 2 is 1.93 bits per heavy atom. The van der Waals surface area contributed by atoms with Gasteiger partial charge in [0.05, 0.1) is 15.5 Å². The molecular weight excluding hydrogens is 401 g/mol. The van der Waals surface area contributed by atoms with Crippen molar-refractivity contribution in [2.45, 2.75) is 44.4 Å². The maximum Gasteiger partial charge on any atom is 0.417 e. The summed E-state index contributed by atoms with van der Waals surface area (Å²) in [4.78, 5) is 18.5. The van der Waals surface area contributed by atoms with E-state index >= 15 is 0 Å². The molecule has 0 saturated heterocycles. The Morgan fingerprint density at radius 3 is 2.57 bits per heavy atom. The number of rotatable bonds is 5. The first-order valence-corrected chi connectivity index (χ1v) is 8.93. The number of hydrogen-bond donors (Lipinski definition) is 1. The fourth-order valence-corrected chi connectivity index (χ4v) is 3.23. The molecule has 1 aromatic heterocycles. The van der Waals surface area contributed by atoms with Gasteiger partial charge in [0.2, 0.25) is 5.82 Å². The van der Waals surface area contributed by atoms with Crippen molar-refractivity contribution in [3.63, 3.8) is 0 Å². The second-order valence-electron chi connectivity index (χ2n) is 6.33. The van der Waals surface area contributed by atoms with E-state index in [9.17, 15) is 23.3 Å². The van der Waals surface area contributed by atoms with Crippen molar-refractivity contribution in [3.05, 3.63) is 45.2 Å². The van der Waals surface area contributed by atoms with Crippen LogP contribution in [0.15, 0.2) is 24.5 Å². The molecule has 1 aliphatic carbocycles. The van der Waals surface area contributed by atoms with Gasteiger partial charge in [-0.1, -0.05) is 18.0 Å². The molecule has 3 rings (SSSR count). The van der Waals surface area contributed by atoms with Crippen molar-refractivity contribution >= 4 is 28.8 Å². The van der Waals surface area contributed by atoms with Gasteiger partial charge in [0.15, 0.2) is 0 Å². The predicted molar refractivity (Wildman–Crippen MR) is 95.9 cm³/mol. The summed E-state index contributed by atoms with van der Waals surface area (Å²) in [6.07, 6.45) is 0.722. The van der Waals surface area contributed by atoms with Gasteiger partial charge in [-0.25, -0.2) is 4.98 Å². The molecule has 11 heteroatoms. The van der Waals surface area contributed by atoms with E-state index in [0.29, 0.717) is 0 Å². The van der Waals surface area contributed by atoms with E-state index in [1.54, 1.807) is 0 Å². The molecule has 0 radical (unpaired) electrons. The molecule has 1 aliphatic rings. The highest BCUT2D eigenvalue weighted by Gasteiger charge is 2.34. The van der Waals surface area contributed by atoms with E-state index in [0.717, 1.165) is 50.6 Å². The van der Waals surface area contributed by atoms with Gasteiger partial charge >= 0.3 is 11.9 Å². The first-order chi connectivity index (χ1) is 13.3. The van der Waals surface area contributed by atoms with Gasteiger partial charge in [-0.3, -0.25) is 10.1 Å². The first-order valence-electron chi connectivity index (χ1n) is 8.55. The highest BCUT2D eigenvalue weighted by molar-refractivity contribution is 6.31. The molecule has 1 saturated carbocycles. The minimum Gasteiger partial charge on any atom is -0.469 e. The van der Waals surface area contributed by atoms with E-state index < -0.39 is 27.4 Å². The van der Waals surface area contributed by atoms with Gasteiger partial charge < -0.3 is 10.1 Å². The topological polar surface area (TPSA) is 90.2 Å². The number of benzene rings is 1. The van der Waals surface area contributed by atoms with Gasteiger partial charge in [0.25, 0.3) is 5.88 Å². The van der Waals surface area contributed by atoms with E-state index in [4.69, 9.17) is 16.3 Å². The Labute approximate surface area is 163 Å². The maximum absolute atomic E-state index is 13.0. The van der Waals surface area contributed by atoms with E-state index in [2.05, 4.69) is 15.3 Å². The lowest BCUT2D eigenvalue weighted by atomic mass is 9.98. The molecule has 0 bridgehead atoms. The summed E-state index contributed by atoms with van der Waals surface area (Å²) in [5, 5.41) is 13.6. The zero-order valence-corrected chi connectivity index (χ0v) is 15.3. The maximum atomic E-state index is 13.0. The highest BCUT2D eigenvalue weighted by atomic mass is 35.5. The fourth-order valence-electron chi connectivity index (χ4n) is 3.00. The predicted octanol–water partition coefficient (Wildman–Crippen LogP) is 5.51. The van der Waals surface area contributed by atoms with Crippen LogP contribution >= 0.6 is 11.6 Å². The minimum absolute atomic E-state index is 0.0536. The average Bonchev–Trinajstić information content (AvgIpc) is 2.63. The molecular formula is C17H16ClF3N4O3.